The third-order valence-electron chi connectivity index (χ3n) is 8.34. The second-order valence-corrected chi connectivity index (χ2v) is 10.9. The molecule has 2 aromatic heterocycles. The highest BCUT2D eigenvalue weighted by molar-refractivity contribution is 5.99. The molecule has 196 valence electrons. The predicted octanol–water partition coefficient (Wildman–Crippen LogP) is 4.10. The second kappa shape index (κ2) is 9.32. The predicted molar refractivity (Wildman–Crippen MR) is 145 cm³/mol. The van der Waals surface area contributed by atoms with Gasteiger partial charge in [0, 0.05) is 43.0 Å². The molecule has 2 bridgehead atoms. The van der Waals surface area contributed by atoms with E-state index in [9.17, 15) is 5.11 Å². The molecule has 7 rings (SSSR count). The molecule has 2 unspecified atom stereocenters. The van der Waals surface area contributed by atoms with Crippen molar-refractivity contribution in [3.8, 4) is 23.0 Å². The Morgan fingerprint density at radius 3 is 2.68 bits per heavy atom. The number of nitrogens with zero attached hydrogens (tertiary/aromatic N) is 5. The lowest BCUT2D eigenvalue weighted by Gasteiger charge is -2.34. The summed E-state index contributed by atoms with van der Waals surface area (Å²) in [4.78, 5) is 18.5. The third-order valence-corrected chi connectivity index (χ3v) is 8.34. The number of pyridine rings is 1. The van der Waals surface area contributed by atoms with Crippen LogP contribution in [0, 0.1) is 5.82 Å². The molecule has 3 atom stereocenters. The molecular weight excluding hydrogens is 483 g/mol. The van der Waals surface area contributed by atoms with Gasteiger partial charge in [-0.15, -0.1) is 0 Å². The fourth-order valence-electron chi connectivity index (χ4n) is 6.34. The number of rotatable bonds is 5. The summed E-state index contributed by atoms with van der Waals surface area (Å²) in [6.07, 6.45) is 6.12. The van der Waals surface area contributed by atoms with Crippen molar-refractivity contribution in [2.45, 2.75) is 43.8 Å². The molecule has 0 amide bonds. The van der Waals surface area contributed by atoms with Gasteiger partial charge in [-0.25, -0.2) is 4.39 Å². The number of ether oxygens (including phenoxy) is 1. The number of phenols is 1. The van der Waals surface area contributed by atoms with E-state index in [1.54, 1.807) is 18.3 Å². The first kappa shape index (κ1) is 23.5. The van der Waals surface area contributed by atoms with Gasteiger partial charge in [0.1, 0.15) is 29.4 Å². The lowest BCUT2D eigenvalue weighted by molar-refractivity contribution is 0.188. The van der Waals surface area contributed by atoms with Gasteiger partial charge in [-0.1, -0.05) is 24.3 Å². The van der Waals surface area contributed by atoms with Crippen LogP contribution in [0.3, 0.4) is 0 Å². The zero-order chi connectivity index (χ0) is 25.8. The van der Waals surface area contributed by atoms with Crippen LogP contribution in [0.1, 0.15) is 25.7 Å². The molecule has 38 heavy (non-hydrogen) atoms. The molecule has 8 nitrogen and oxygen atoms in total. The van der Waals surface area contributed by atoms with Crippen LogP contribution in [0.25, 0.3) is 32.9 Å². The van der Waals surface area contributed by atoms with E-state index in [1.807, 2.05) is 24.3 Å². The fourth-order valence-corrected chi connectivity index (χ4v) is 6.34. The highest BCUT2D eigenvalue weighted by atomic mass is 19.1. The Hall–Kier alpha value is -3.56. The summed E-state index contributed by atoms with van der Waals surface area (Å²) in [5, 5.41) is 16.2. The SMILES string of the molecule is CN1CCC[C@H]1COc1nc(N2CC3CCC(C2)N3)c2cnc(-c3cc(O)cc4ccccc34)c(F)c2n1. The summed E-state index contributed by atoms with van der Waals surface area (Å²) < 4.78 is 22.5. The van der Waals surface area contributed by atoms with Crippen molar-refractivity contribution < 1.29 is 14.2 Å². The van der Waals surface area contributed by atoms with Gasteiger partial charge in [-0.2, -0.15) is 9.97 Å². The quantitative estimate of drug-likeness (QED) is 0.412. The summed E-state index contributed by atoms with van der Waals surface area (Å²) in [6.45, 7) is 3.11. The lowest BCUT2D eigenvalue weighted by Crippen LogP contribution is -2.51. The molecule has 5 heterocycles. The average Bonchev–Trinajstić information content (AvgIpc) is 3.50. The molecule has 0 aliphatic carbocycles. The van der Waals surface area contributed by atoms with Gasteiger partial charge in [0.2, 0.25) is 0 Å². The number of piperazine rings is 1. The van der Waals surface area contributed by atoms with Gasteiger partial charge < -0.3 is 25.0 Å². The maximum Gasteiger partial charge on any atom is 0.319 e. The Morgan fingerprint density at radius 2 is 1.89 bits per heavy atom. The first-order valence-corrected chi connectivity index (χ1v) is 13.5. The van der Waals surface area contributed by atoms with Crippen LogP contribution in [0.5, 0.6) is 11.8 Å². The number of nitrogens with one attached hydrogen (secondary N) is 1. The molecule has 2 N–H and O–H groups in total. The second-order valence-electron chi connectivity index (χ2n) is 10.9. The van der Waals surface area contributed by atoms with Gasteiger partial charge in [0.05, 0.1) is 5.39 Å². The van der Waals surface area contributed by atoms with E-state index in [1.165, 1.54) is 0 Å². The van der Waals surface area contributed by atoms with Crippen LogP contribution in [0.2, 0.25) is 0 Å². The van der Waals surface area contributed by atoms with Crippen LogP contribution in [-0.2, 0) is 0 Å². The number of hydrogen-bond acceptors (Lipinski definition) is 8. The van der Waals surface area contributed by atoms with Crippen molar-refractivity contribution in [3.05, 3.63) is 48.4 Å². The minimum absolute atomic E-state index is 0.0596. The van der Waals surface area contributed by atoms with E-state index in [-0.39, 0.29) is 23.0 Å². The van der Waals surface area contributed by atoms with Crippen LogP contribution < -0.4 is 15.0 Å². The van der Waals surface area contributed by atoms with Crippen molar-refractivity contribution in [1.82, 2.24) is 25.2 Å². The van der Waals surface area contributed by atoms with Crippen molar-refractivity contribution in [2.24, 2.45) is 0 Å². The monoisotopic (exact) mass is 514 g/mol. The summed E-state index contributed by atoms with van der Waals surface area (Å²) >= 11 is 0. The number of aromatic hydroxyl groups is 1. The number of phenolic OH excluding ortho intramolecular Hbond substituents is 1. The Kier molecular flexibility index (Phi) is 5.78. The summed E-state index contributed by atoms with van der Waals surface area (Å²) in [5.41, 5.74) is 0.861. The molecule has 9 heteroatoms. The zero-order valence-electron chi connectivity index (χ0n) is 21.4. The third kappa shape index (κ3) is 4.10. The Bertz CT molecular complexity index is 1520. The molecule has 3 aliphatic rings. The minimum Gasteiger partial charge on any atom is -0.508 e. The molecule has 2 aromatic carbocycles. The van der Waals surface area contributed by atoms with Crippen LogP contribution in [0.15, 0.2) is 42.6 Å². The molecule has 3 saturated heterocycles. The molecular formula is C29H31FN6O2. The van der Waals surface area contributed by atoms with E-state index in [0.717, 1.165) is 56.1 Å². The topological polar surface area (TPSA) is 86.6 Å². The van der Waals surface area contributed by atoms with E-state index in [2.05, 4.69) is 32.1 Å². The highest BCUT2D eigenvalue weighted by Gasteiger charge is 2.34. The van der Waals surface area contributed by atoms with Crippen LogP contribution in [0.4, 0.5) is 10.2 Å². The molecule has 3 fully saturated rings. The maximum atomic E-state index is 16.4. The summed E-state index contributed by atoms with van der Waals surface area (Å²) in [6, 6.07) is 12.1. The standard InChI is InChI=1S/C29H31FN6O2/c1-35-10-4-6-20(35)16-38-29-33-27-24(28(34-29)36-14-18-8-9-19(15-36)32-18)13-31-26(25(27)30)23-12-21(37)11-17-5-2-3-7-22(17)23/h2-3,5,7,11-13,18-20,32,37H,4,6,8-10,14-16H2,1H3/t18?,19?,20-/m0/s1. The van der Waals surface area contributed by atoms with E-state index < -0.39 is 5.82 Å². The first-order chi connectivity index (χ1) is 18.5. The normalized spacial score (nSPS) is 23.5. The van der Waals surface area contributed by atoms with Gasteiger partial charge in [-0.05, 0) is 62.2 Å². The van der Waals surface area contributed by atoms with Crippen molar-refractivity contribution in [1.29, 1.82) is 0 Å². The zero-order valence-corrected chi connectivity index (χ0v) is 21.4. The largest absolute Gasteiger partial charge is 0.508 e. The molecule has 4 aromatic rings. The van der Waals surface area contributed by atoms with E-state index in [0.29, 0.717) is 41.5 Å². The smallest absolute Gasteiger partial charge is 0.319 e. The summed E-state index contributed by atoms with van der Waals surface area (Å²) in [5.74, 6) is 0.189. The van der Waals surface area contributed by atoms with Crippen molar-refractivity contribution >= 4 is 27.5 Å². The number of hydrogen-bond donors (Lipinski definition) is 2. The molecule has 3 aliphatic heterocycles. The molecule has 0 radical (unpaired) electrons. The van der Waals surface area contributed by atoms with Crippen molar-refractivity contribution in [2.75, 3.05) is 38.2 Å². The number of likely N-dealkylation sites (tertiary alicyclic amines) is 1. The van der Waals surface area contributed by atoms with E-state index >= 15 is 4.39 Å². The van der Waals surface area contributed by atoms with E-state index in [4.69, 9.17) is 9.72 Å². The Labute approximate surface area is 220 Å². The number of benzene rings is 2. The van der Waals surface area contributed by atoms with Crippen LogP contribution >= 0.6 is 0 Å². The number of anilines is 1. The highest BCUT2D eigenvalue weighted by Crippen LogP contribution is 2.37. The fraction of sp³-hybridized carbons (Fsp3) is 0.414. The minimum atomic E-state index is -0.539. The number of fused-ring (bicyclic) bond motifs is 4. The van der Waals surface area contributed by atoms with Gasteiger partial charge >= 0.3 is 6.01 Å². The average molecular weight is 515 g/mol. The molecule has 0 saturated carbocycles. The first-order valence-electron chi connectivity index (χ1n) is 13.5. The molecule has 0 spiro atoms. The van der Waals surface area contributed by atoms with Gasteiger partial charge in [0.15, 0.2) is 5.82 Å². The number of aromatic nitrogens is 3. The Morgan fingerprint density at radius 1 is 1.08 bits per heavy atom. The lowest BCUT2D eigenvalue weighted by atomic mass is 10.0. The maximum absolute atomic E-state index is 16.4. The number of likely N-dealkylation sites (N-methyl/N-ethyl adjacent to an activating group) is 1. The van der Waals surface area contributed by atoms with Gasteiger partial charge in [0.25, 0.3) is 0 Å². The summed E-state index contributed by atoms with van der Waals surface area (Å²) in [7, 11) is 2.10. The van der Waals surface area contributed by atoms with Crippen molar-refractivity contribution in [3.63, 3.8) is 0 Å². The van der Waals surface area contributed by atoms with Crippen LogP contribution in [-0.4, -0.2) is 76.4 Å². The number of halogens is 1. The Balaban J connectivity index is 1.36. The van der Waals surface area contributed by atoms with Gasteiger partial charge in [-0.3, -0.25) is 4.98 Å².